The Bertz CT molecular complexity index is 870. The van der Waals surface area contributed by atoms with E-state index in [1.165, 1.54) is 19.3 Å². The highest BCUT2D eigenvalue weighted by atomic mass is 16.6. The van der Waals surface area contributed by atoms with Crippen molar-refractivity contribution in [3.8, 4) is 0 Å². The number of fused-ring (bicyclic) bond motifs is 1. The van der Waals surface area contributed by atoms with Gasteiger partial charge in [-0.2, -0.15) is 0 Å². The van der Waals surface area contributed by atoms with Gasteiger partial charge in [-0.15, -0.1) is 0 Å². The molecule has 0 aliphatic heterocycles. The van der Waals surface area contributed by atoms with E-state index in [0.29, 0.717) is 6.54 Å². The molecule has 0 bridgehead atoms. The van der Waals surface area contributed by atoms with E-state index in [0.717, 1.165) is 34.6 Å². The normalized spacial score (nSPS) is 14.6. The number of aromatic nitrogens is 1. The Morgan fingerprint density at radius 2 is 2.15 bits per heavy atom. The van der Waals surface area contributed by atoms with E-state index in [-0.39, 0.29) is 12.6 Å². The molecule has 7 nitrogen and oxygen atoms in total. The standard InChI is InChI=1S/C20H27N5O2/c1-20(2,3)27-19(26)25-17(13-22-11-14-5-4-6-14)10-16-8-7-15(9-18(16)25)12-23-24-21/h7-10,14,22H,4-6,11-13H2,1-3H3. The second-order valence-corrected chi connectivity index (χ2v) is 8.16. The van der Waals surface area contributed by atoms with Gasteiger partial charge >= 0.3 is 6.09 Å². The van der Waals surface area contributed by atoms with Crippen LogP contribution in [0.4, 0.5) is 4.79 Å². The molecule has 0 amide bonds. The molecule has 0 spiro atoms. The molecule has 1 fully saturated rings. The number of carbonyl (C=O) groups excluding carboxylic acids is 1. The van der Waals surface area contributed by atoms with Crippen LogP contribution in [-0.2, 0) is 17.8 Å². The molecule has 27 heavy (non-hydrogen) atoms. The first-order valence-corrected chi connectivity index (χ1v) is 9.45. The number of benzene rings is 1. The quantitative estimate of drug-likeness (QED) is 0.435. The van der Waals surface area contributed by atoms with Crippen LogP contribution in [0.25, 0.3) is 21.3 Å². The van der Waals surface area contributed by atoms with E-state index in [2.05, 4.69) is 15.3 Å². The number of hydrogen-bond donors (Lipinski definition) is 1. The second kappa shape index (κ2) is 8.03. The van der Waals surface area contributed by atoms with Gasteiger partial charge < -0.3 is 10.1 Å². The predicted octanol–water partition coefficient (Wildman–Crippen LogP) is 5.12. The van der Waals surface area contributed by atoms with Gasteiger partial charge in [0, 0.05) is 22.5 Å². The molecule has 2 aromatic rings. The molecule has 1 aromatic heterocycles. The Kier molecular flexibility index (Phi) is 5.73. The third kappa shape index (κ3) is 4.81. The van der Waals surface area contributed by atoms with Crippen molar-refractivity contribution in [3.05, 3.63) is 46.0 Å². The van der Waals surface area contributed by atoms with E-state index in [1.54, 1.807) is 4.57 Å². The Labute approximate surface area is 159 Å². The summed E-state index contributed by atoms with van der Waals surface area (Å²) >= 11 is 0. The number of azide groups is 1. The fourth-order valence-electron chi connectivity index (χ4n) is 3.27. The smallest absolute Gasteiger partial charge is 0.419 e. The van der Waals surface area contributed by atoms with Crippen molar-refractivity contribution in [2.24, 2.45) is 11.0 Å². The fourth-order valence-corrected chi connectivity index (χ4v) is 3.27. The maximum Gasteiger partial charge on any atom is 0.419 e. The Morgan fingerprint density at radius 1 is 1.37 bits per heavy atom. The summed E-state index contributed by atoms with van der Waals surface area (Å²) in [6.07, 6.45) is 3.49. The molecule has 0 radical (unpaired) electrons. The number of nitrogens with one attached hydrogen (secondary N) is 1. The molecule has 144 valence electrons. The lowest BCUT2D eigenvalue weighted by Crippen LogP contribution is -2.30. The minimum atomic E-state index is -0.576. The van der Waals surface area contributed by atoms with Gasteiger partial charge in [-0.1, -0.05) is 23.7 Å². The molecule has 1 aromatic carbocycles. The highest BCUT2D eigenvalue weighted by Gasteiger charge is 2.23. The predicted molar refractivity (Wildman–Crippen MR) is 105 cm³/mol. The van der Waals surface area contributed by atoms with Crippen molar-refractivity contribution in [2.75, 3.05) is 6.54 Å². The van der Waals surface area contributed by atoms with Crippen molar-refractivity contribution in [3.63, 3.8) is 0 Å². The lowest BCUT2D eigenvalue weighted by Gasteiger charge is -2.25. The molecular formula is C20H27N5O2. The summed E-state index contributed by atoms with van der Waals surface area (Å²) in [7, 11) is 0. The minimum Gasteiger partial charge on any atom is -0.443 e. The first-order chi connectivity index (χ1) is 12.9. The summed E-state index contributed by atoms with van der Waals surface area (Å²) in [4.78, 5) is 15.7. The second-order valence-electron chi connectivity index (χ2n) is 8.16. The van der Waals surface area contributed by atoms with E-state index in [9.17, 15) is 4.79 Å². The lowest BCUT2D eigenvalue weighted by molar-refractivity contribution is 0.0539. The zero-order valence-corrected chi connectivity index (χ0v) is 16.2. The molecule has 1 aliphatic rings. The molecule has 1 aliphatic carbocycles. The number of ether oxygens (including phenoxy) is 1. The maximum atomic E-state index is 12.9. The average Bonchev–Trinajstić information content (AvgIpc) is 2.91. The fraction of sp³-hybridized carbons (Fsp3) is 0.550. The van der Waals surface area contributed by atoms with Gasteiger partial charge in [-0.25, -0.2) is 9.36 Å². The van der Waals surface area contributed by atoms with Gasteiger partial charge in [-0.05, 0) is 69.3 Å². The van der Waals surface area contributed by atoms with Crippen LogP contribution in [0.5, 0.6) is 0 Å². The van der Waals surface area contributed by atoms with E-state index in [1.807, 2.05) is 45.0 Å². The third-order valence-corrected chi connectivity index (χ3v) is 4.80. The first kappa shape index (κ1) is 19.3. The molecule has 3 rings (SSSR count). The number of hydrogen-bond acceptors (Lipinski definition) is 4. The van der Waals surface area contributed by atoms with Gasteiger partial charge in [0.25, 0.3) is 0 Å². The molecule has 1 heterocycles. The highest BCUT2D eigenvalue weighted by Crippen LogP contribution is 2.26. The lowest BCUT2D eigenvalue weighted by atomic mass is 9.85. The Hall–Kier alpha value is -2.50. The van der Waals surface area contributed by atoms with Crippen molar-refractivity contribution >= 4 is 17.0 Å². The van der Waals surface area contributed by atoms with Crippen molar-refractivity contribution in [2.45, 2.75) is 58.7 Å². The molecule has 1 saturated carbocycles. The van der Waals surface area contributed by atoms with Crippen molar-refractivity contribution in [1.29, 1.82) is 0 Å². The van der Waals surface area contributed by atoms with Gasteiger partial charge in [0.1, 0.15) is 5.60 Å². The Balaban J connectivity index is 1.91. The van der Waals surface area contributed by atoms with Crippen LogP contribution in [0.3, 0.4) is 0 Å². The van der Waals surface area contributed by atoms with Gasteiger partial charge in [-0.3, -0.25) is 0 Å². The third-order valence-electron chi connectivity index (χ3n) is 4.80. The van der Waals surface area contributed by atoms with Crippen LogP contribution in [-0.4, -0.2) is 22.8 Å². The first-order valence-electron chi connectivity index (χ1n) is 9.45. The molecule has 0 unspecified atom stereocenters. The average molecular weight is 369 g/mol. The molecule has 0 atom stereocenters. The zero-order chi connectivity index (χ0) is 19.4. The summed E-state index contributed by atoms with van der Waals surface area (Å²) in [5, 5.41) is 8.06. The monoisotopic (exact) mass is 369 g/mol. The van der Waals surface area contributed by atoms with Gasteiger partial charge in [0.2, 0.25) is 0 Å². The summed E-state index contributed by atoms with van der Waals surface area (Å²) in [6.45, 7) is 7.41. The summed E-state index contributed by atoms with van der Waals surface area (Å²) in [5.74, 6) is 0.750. The van der Waals surface area contributed by atoms with Crippen LogP contribution < -0.4 is 5.32 Å². The molecule has 0 saturated heterocycles. The number of carbonyl (C=O) groups is 1. The maximum absolute atomic E-state index is 12.9. The van der Waals surface area contributed by atoms with Crippen molar-refractivity contribution in [1.82, 2.24) is 9.88 Å². The van der Waals surface area contributed by atoms with Crippen LogP contribution in [0.15, 0.2) is 29.4 Å². The summed E-state index contributed by atoms with van der Waals surface area (Å²) < 4.78 is 7.26. The van der Waals surface area contributed by atoms with E-state index >= 15 is 0 Å². The van der Waals surface area contributed by atoms with Crippen LogP contribution in [0.2, 0.25) is 0 Å². The summed E-state index contributed by atoms with van der Waals surface area (Å²) in [6, 6.07) is 7.78. The zero-order valence-electron chi connectivity index (χ0n) is 16.2. The largest absolute Gasteiger partial charge is 0.443 e. The highest BCUT2D eigenvalue weighted by molar-refractivity contribution is 5.91. The minimum absolute atomic E-state index is 0.251. The van der Waals surface area contributed by atoms with Gasteiger partial charge in [0.05, 0.1) is 12.1 Å². The summed E-state index contributed by atoms with van der Waals surface area (Å²) in [5.41, 5.74) is 10.5. The topological polar surface area (TPSA) is 92.0 Å². The molecular weight excluding hydrogens is 342 g/mol. The molecule has 1 N–H and O–H groups in total. The SMILES string of the molecule is CC(C)(C)OC(=O)n1c(CNCC2CCC2)cc2ccc(CN=[N+]=[N-])cc21. The number of rotatable bonds is 6. The van der Waals surface area contributed by atoms with Crippen LogP contribution >= 0.6 is 0 Å². The molecule has 7 heteroatoms. The Morgan fingerprint density at radius 3 is 2.78 bits per heavy atom. The van der Waals surface area contributed by atoms with Crippen LogP contribution in [0.1, 0.15) is 51.3 Å². The van der Waals surface area contributed by atoms with Gasteiger partial charge in [0.15, 0.2) is 0 Å². The van der Waals surface area contributed by atoms with Crippen LogP contribution in [0, 0.1) is 5.92 Å². The van der Waals surface area contributed by atoms with E-state index in [4.69, 9.17) is 10.3 Å². The van der Waals surface area contributed by atoms with E-state index < -0.39 is 5.60 Å². The van der Waals surface area contributed by atoms with Crippen molar-refractivity contribution < 1.29 is 9.53 Å². The number of nitrogens with zero attached hydrogens (tertiary/aromatic N) is 4.